The van der Waals surface area contributed by atoms with Crippen LogP contribution in [0.3, 0.4) is 0 Å². The molecule has 7 nitrogen and oxygen atoms in total. The number of nitrogens with one attached hydrogen (secondary N) is 1. The molecule has 0 radical (unpaired) electrons. The Bertz CT molecular complexity index is 772. The number of hydrogen-bond donors (Lipinski definition) is 2. The van der Waals surface area contributed by atoms with Crippen molar-refractivity contribution >= 4 is 21.2 Å². The van der Waals surface area contributed by atoms with E-state index in [0.29, 0.717) is 12.2 Å². The van der Waals surface area contributed by atoms with Gasteiger partial charge in [0, 0.05) is 18.3 Å². The van der Waals surface area contributed by atoms with E-state index in [9.17, 15) is 18.5 Å². The van der Waals surface area contributed by atoms with Crippen molar-refractivity contribution in [2.24, 2.45) is 0 Å². The van der Waals surface area contributed by atoms with Crippen molar-refractivity contribution in [3.05, 3.63) is 58.6 Å². The zero-order chi connectivity index (χ0) is 16.2. The standard InChI is InChI=1S/C14H14N2O5S/c17-10-9-15-11-5-7-12(8-6-11)22(20,21)14-4-2-1-3-13(14)16(18)19/h1-8,15,17H,9-10H2. The van der Waals surface area contributed by atoms with Gasteiger partial charge in [-0.3, -0.25) is 10.1 Å². The summed E-state index contributed by atoms with van der Waals surface area (Å²) in [6.45, 7) is 0.298. The highest BCUT2D eigenvalue weighted by Crippen LogP contribution is 2.29. The quantitative estimate of drug-likeness (QED) is 0.620. The molecule has 0 aliphatic rings. The summed E-state index contributed by atoms with van der Waals surface area (Å²) in [6, 6.07) is 11.0. The maximum Gasteiger partial charge on any atom is 0.288 e. The number of benzene rings is 2. The van der Waals surface area contributed by atoms with Crippen molar-refractivity contribution in [2.75, 3.05) is 18.5 Å². The van der Waals surface area contributed by atoms with Crippen molar-refractivity contribution in [1.82, 2.24) is 0 Å². The van der Waals surface area contributed by atoms with E-state index in [1.54, 1.807) is 0 Å². The average molecular weight is 322 g/mol. The molecule has 0 atom stereocenters. The fourth-order valence-electron chi connectivity index (χ4n) is 1.91. The van der Waals surface area contributed by atoms with Crippen molar-refractivity contribution in [2.45, 2.75) is 9.79 Å². The molecule has 116 valence electrons. The first-order valence-corrected chi connectivity index (χ1v) is 7.88. The molecule has 0 saturated carbocycles. The number of hydrogen-bond acceptors (Lipinski definition) is 6. The molecule has 0 heterocycles. The number of nitro groups is 1. The van der Waals surface area contributed by atoms with E-state index in [2.05, 4.69) is 5.32 Å². The minimum Gasteiger partial charge on any atom is -0.395 e. The summed E-state index contributed by atoms with van der Waals surface area (Å²) in [5, 5.41) is 22.6. The van der Waals surface area contributed by atoms with Crippen LogP contribution < -0.4 is 5.32 Å². The number of aliphatic hydroxyl groups excluding tert-OH is 1. The number of nitro benzene ring substituents is 1. The lowest BCUT2D eigenvalue weighted by molar-refractivity contribution is -0.387. The minimum absolute atomic E-state index is 0.0312. The molecule has 0 fully saturated rings. The van der Waals surface area contributed by atoms with Crippen LogP contribution in [0, 0.1) is 10.1 Å². The average Bonchev–Trinajstić information content (AvgIpc) is 2.53. The van der Waals surface area contributed by atoms with Gasteiger partial charge >= 0.3 is 0 Å². The third kappa shape index (κ3) is 3.23. The lowest BCUT2D eigenvalue weighted by Gasteiger charge is -2.07. The zero-order valence-electron chi connectivity index (χ0n) is 11.5. The smallest absolute Gasteiger partial charge is 0.288 e. The van der Waals surface area contributed by atoms with E-state index >= 15 is 0 Å². The van der Waals surface area contributed by atoms with Gasteiger partial charge in [-0.2, -0.15) is 0 Å². The SMILES string of the molecule is O=[N+]([O-])c1ccccc1S(=O)(=O)c1ccc(NCCO)cc1. The minimum atomic E-state index is -3.97. The molecule has 0 saturated heterocycles. The topological polar surface area (TPSA) is 110 Å². The lowest BCUT2D eigenvalue weighted by Crippen LogP contribution is -2.07. The second-order valence-corrected chi connectivity index (χ2v) is 6.32. The Morgan fingerprint density at radius 3 is 2.32 bits per heavy atom. The molecule has 0 aromatic heterocycles. The molecule has 0 amide bonds. The summed E-state index contributed by atoms with van der Waals surface area (Å²) in [6.07, 6.45) is 0. The third-order valence-corrected chi connectivity index (χ3v) is 4.77. The van der Waals surface area contributed by atoms with Gasteiger partial charge in [-0.1, -0.05) is 12.1 Å². The molecule has 2 aromatic carbocycles. The molecule has 2 aromatic rings. The molecule has 0 aliphatic heterocycles. The van der Waals surface area contributed by atoms with Gasteiger partial charge in [0.25, 0.3) is 5.69 Å². The first kappa shape index (κ1) is 15.9. The summed E-state index contributed by atoms with van der Waals surface area (Å²) in [7, 11) is -3.97. The van der Waals surface area contributed by atoms with Gasteiger partial charge < -0.3 is 10.4 Å². The molecule has 0 spiro atoms. The molecule has 2 N–H and O–H groups in total. The number of aliphatic hydroxyl groups is 1. The summed E-state index contributed by atoms with van der Waals surface area (Å²) in [4.78, 5) is 9.89. The highest BCUT2D eigenvalue weighted by molar-refractivity contribution is 7.91. The number of nitrogens with zero attached hydrogens (tertiary/aromatic N) is 1. The Kier molecular flexibility index (Phi) is 4.74. The van der Waals surface area contributed by atoms with E-state index < -0.39 is 20.4 Å². The summed E-state index contributed by atoms with van der Waals surface area (Å²) < 4.78 is 25.0. The lowest BCUT2D eigenvalue weighted by atomic mass is 10.3. The van der Waals surface area contributed by atoms with Crippen LogP contribution in [0.4, 0.5) is 11.4 Å². The van der Waals surface area contributed by atoms with Gasteiger partial charge in [-0.05, 0) is 30.3 Å². The Hall–Kier alpha value is -2.45. The van der Waals surface area contributed by atoms with Gasteiger partial charge in [0.2, 0.25) is 9.84 Å². The molecule has 0 unspecified atom stereocenters. The molecule has 8 heteroatoms. The van der Waals surface area contributed by atoms with E-state index in [1.807, 2.05) is 0 Å². The van der Waals surface area contributed by atoms with E-state index in [4.69, 9.17) is 5.11 Å². The van der Waals surface area contributed by atoms with Crippen LogP contribution in [0.5, 0.6) is 0 Å². The molecule has 0 bridgehead atoms. The number of rotatable bonds is 6. The molecule has 0 aliphatic carbocycles. The summed E-state index contributed by atoms with van der Waals surface area (Å²) in [5.41, 5.74) is 0.195. The van der Waals surface area contributed by atoms with E-state index in [-0.39, 0.29) is 16.4 Å². The highest BCUT2D eigenvalue weighted by Gasteiger charge is 2.26. The van der Waals surface area contributed by atoms with Gasteiger partial charge in [0.15, 0.2) is 0 Å². The number of para-hydroxylation sites is 1. The molecule has 22 heavy (non-hydrogen) atoms. The summed E-state index contributed by atoms with van der Waals surface area (Å²) >= 11 is 0. The Balaban J connectivity index is 2.41. The van der Waals surface area contributed by atoms with Crippen molar-refractivity contribution in [3.63, 3.8) is 0 Å². The second kappa shape index (κ2) is 6.54. The van der Waals surface area contributed by atoms with E-state index in [0.717, 1.165) is 6.07 Å². The maximum absolute atomic E-state index is 12.5. The molecular formula is C14H14N2O5S. The van der Waals surface area contributed by atoms with E-state index in [1.165, 1.54) is 42.5 Å². The second-order valence-electron chi connectivity index (χ2n) is 4.40. The Labute approximate surface area is 127 Å². The fraction of sp³-hybridized carbons (Fsp3) is 0.143. The highest BCUT2D eigenvalue weighted by atomic mass is 32.2. The van der Waals surface area contributed by atoms with Crippen LogP contribution >= 0.6 is 0 Å². The third-order valence-electron chi connectivity index (χ3n) is 2.96. The zero-order valence-corrected chi connectivity index (χ0v) is 12.3. The van der Waals surface area contributed by atoms with Crippen LogP contribution in [0.15, 0.2) is 58.3 Å². The number of anilines is 1. The molecular weight excluding hydrogens is 308 g/mol. The molecule has 2 rings (SSSR count). The Morgan fingerprint density at radius 1 is 1.09 bits per heavy atom. The maximum atomic E-state index is 12.5. The van der Waals surface area contributed by atoms with Crippen LogP contribution in [0.25, 0.3) is 0 Å². The van der Waals surface area contributed by atoms with Gasteiger partial charge in [-0.25, -0.2) is 8.42 Å². The van der Waals surface area contributed by atoms with Gasteiger partial charge in [-0.15, -0.1) is 0 Å². The Morgan fingerprint density at radius 2 is 1.73 bits per heavy atom. The van der Waals surface area contributed by atoms with Crippen molar-refractivity contribution < 1.29 is 18.4 Å². The number of sulfone groups is 1. The predicted octanol–water partition coefficient (Wildman–Crippen LogP) is 1.83. The monoisotopic (exact) mass is 322 g/mol. The van der Waals surface area contributed by atoms with Crippen LogP contribution in [0.2, 0.25) is 0 Å². The van der Waals surface area contributed by atoms with Crippen LogP contribution in [0.1, 0.15) is 0 Å². The predicted molar refractivity (Wildman–Crippen MR) is 80.6 cm³/mol. The summed E-state index contributed by atoms with van der Waals surface area (Å²) in [5.74, 6) is 0. The van der Waals surface area contributed by atoms with Gasteiger partial charge in [0.05, 0.1) is 16.4 Å². The van der Waals surface area contributed by atoms with Gasteiger partial charge in [0.1, 0.15) is 4.90 Å². The van der Waals surface area contributed by atoms with Crippen LogP contribution in [-0.2, 0) is 9.84 Å². The first-order valence-electron chi connectivity index (χ1n) is 6.40. The van der Waals surface area contributed by atoms with Crippen molar-refractivity contribution in [1.29, 1.82) is 0 Å². The van der Waals surface area contributed by atoms with Crippen LogP contribution in [-0.4, -0.2) is 31.6 Å². The van der Waals surface area contributed by atoms with Crippen molar-refractivity contribution in [3.8, 4) is 0 Å². The first-order chi connectivity index (χ1) is 10.5. The largest absolute Gasteiger partial charge is 0.395 e. The fourth-order valence-corrected chi connectivity index (χ4v) is 3.34. The normalized spacial score (nSPS) is 11.1.